The number of aliphatic hydroxyl groups is 1. The van der Waals surface area contributed by atoms with Crippen molar-refractivity contribution in [2.45, 2.75) is 26.4 Å². The topological polar surface area (TPSA) is 81.3 Å². The lowest BCUT2D eigenvalue weighted by atomic mass is 10.2. The van der Waals surface area contributed by atoms with Crippen LogP contribution in [0.2, 0.25) is 0 Å². The number of rotatable bonds is 5. The van der Waals surface area contributed by atoms with Gasteiger partial charge in [0.05, 0.1) is 18.3 Å². The maximum Gasteiger partial charge on any atom is 0.222 e. The molecule has 5 nitrogen and oxygen atoms in total. The molecule has 1 rings (SSSR count). The minimum Gasteiger partial charge on any atom is -0.478 e. The number of nitrogens with zero attached hydrogens (tertiary/aromatic N) is 2. The standard InChI is InChI=1S/C10H17N3O2/c1-3-9-12-6-7(8(14)5-11)10(13-9)15-4-2/h6,8,14H,3-5,11H2,1-2H3. The zero-order valence-electron chi connectivity index (χ0n) is 9.10. The highest BCUT2D eigenvalue weighted by Gasteiger charge is 2.14. The van der Waals surface area contributed by atoms with Crippen molar-refractivity contribution in [2.24, 2.45) is 5.73 Å². The van der Waals surface area contributed by atoms with E-state index >= 15 is 0 Å². The van der Waals surface area contributed by atoms with Crippen LogP contribution in [0.1, 0.15) is 31.3 Å². The fraction of sp³-hybridized carbons (Fsp3) is 0.600. The first-order valence-electron chi connectivity index (χ1n) is 5.09. The molecule has 0 saturated heterocycles. The number of ether oxygens (including phenoxy) is 1. The molecule has 0 saturated carbocycles. The third kappa shape index (κ3) is 2.87. The lowest BCUT2D eigenvalue weighted by Crippen LogP contribution is -2.15. The van der Waals surface area contributed by atoms with E-state index in [9.17, 15) is 5.11 Å². The van der Waals surface area contributed by atoms with Crippen LogP contribution in [0.5, 0.6) is 5.88 Å². The molecule has 0 bridgehead atoms. The zero-order chi connectivity index (χ0) is 11.3. The Hall–Kier alpha value is -1.20. The molecule has 0 aliphatic carbocycles. The monoisotopic (exact) mass is 211 g/mol. The first kappa shape index (κ1) is 11.9. The summed E-state index contributed by atoms with van der Waals surface area (Å²) in [4.78, 5) is 8.30. The second kappa shape index (κ2) is 5.63. The van der Waals surface area contributed by atoms with Crippen LogP contribution in [0.25, 0.3) is 0 Å². The Balaban J connectivity index is 3.03. The molecule has 3 N–H and O–H groups in total. The van der Waals surface area contributed by atoms with Gasteiger partial charge in [-0.15, -0.1) is 0 Å². The van der Waals surface area contributed by atoms with Crippen LogP contribution in [0.4, 0.5) is 0 Å². The lowest BCUT2D eigenvalue weighted by molar-refractivity contribution is 0.178. The molecule has 0 fully saturated rings. The third-order valence-corrected chi connectivity index (χ3v) is 2.01. The molecule has 0 aromatic carbocycles. The van der Waals surface area contributed by atoms with Crippen LogP contribution < -0.4 is 10.5 Å². The van der Waals surface area contributed by atoms with Crippen molar-refractivity contribution in [3.05, 3.63) is 17.6 Å². The van der Waals surface area contributed by atoms with Gasteiger partial charge >= 0.3 is 0 Å². The van der Waals surface area contributed by atoms with E-state index < -0.39 is 6.10 Å². The van der Waals surface area contributed by atoms with Gasteiger partial charge in [0.1, 0.15) is 5.82 Å². The van der Waals surface area contributed by atoms with Crippen molar-refractivity contribution >= 4 is 0 Å². The van der Waals surface area contributed by atoms with Crippen molar-refractivity contribution in [1.82, 2.24) is 9.97 Å². The summed E-state index contributed by atoms with van der Waals surface area (Å²) in [7, 11) is 0. The fourth-order valence-corrected chi connectivity index (χ4v) is 1.19. The van der Waals surface area contributed by atoms with Gasteiger partial charge in [0.15, 0.2) is 0 Å². The SMILES string of the molecule is CCOc1nc(CC)ncc1C(O)CN. The van der Waals surface area contributed by atoms with Gasteiger partial charge in [0.2, 0.25) is 5.88 Å². The third-order valence-electron chi connectivity index (χ3n) is 2.01. The summed E-state index contributed by atoms with van der Waals surface area (Å²) in [6.07, 6.45) is 1.55. The molecule has 0 spiro atoms. The average Bonchev–Trinajstić information content (AvgIpc) is 2.28. The quantitative estimate of drug-likeness (QED) is 0.738. The maximum absolute atomic E-state index is 9.62. The molecular weight excluding hydrogens is 194 g/mol. The van der Waals surface area contributed by atoms with Crippen LogP contribution in [0, 0.1) is 0 Å². The first-order chi connectivity index (χ1) is 7.22. The van der Waals surface area contributed by atoms with E-state index in [1.165, 1.54) is 0 Å². The summed E-state index contributed by atoms with van der Waals surface area (Å²) < 4.78 is 5.34. The molecule has 5 heteroatoms. The van der Waals surface area contributed by atoms with Crippen molar-refractivity contribution in [1.29, 1.82) is 0 Å². The summed E-state index contributed by atoms with van der Waals surface area (Å²) in [5.74, 6) is 1.13. The lowest BCUT2D eigenvalue weighted by Gasteiger charge is -2.13. The number of aromatic nitrogens is 2. The van der Waals surface area contributed by atoms with E-state index in [0.717, 1.165) is 6.42 Å². The maximum atomic E-state index is 9.62. The molecule has 1 atom stereocenters. The molecule has 0 aliphatic rings. The van der Waals surface area contributed by atoms with Crippen molar-refractivity contribution in [3.63, 3.8) is 0 Å². The normalized spacial score (nSPS) is 12.5. The van der Waals surface area contributed by atoms with E-state index in [0.29, 0.717) is 23.9 Å². The molecule has 1 aromatic heterocycles. The molecule has 1 aromatic rings. The van der Waals surface area contributed by atoms with E-state index in [2.05, 4.69) is 9.97 Å². The number of aliphatic hydroxyl groups excluding tert-OH is 1. The van der Waals surface area contributed by atoms with Crippen LogP contribution in [0.15, 0.2) is 6.20 Å². The number of aryl methyl sites for hydroxylation is 1. The molecular formula is C10H17N3O2. The van der Waals surface area contributed by atoms with Gasteiger partial charge in [-0.05, 0) is 6.92 Å². The minimum absolute atomic E-state index is 0.134. The van der Waals surface area contributed by atoms with Crippen molar-refractivity contribution < 1.29 is 9.84 Å². The highest BCUT2D eigenvalue weighted by Crippen LogP contribution is 2.21. The Labute approximate surface area is 89.3 Å². The summed E-state index contributed by atoms with van der Waals surface area (Å²) in [6, 6.07) is 0. The van der Waals surface area contributed by atoms with E-state index in [1.54, 1.807) is 6.20 Å². The summed E-state index contributed by atoms with van der Waals surface area (Å²) in [6.45, 7) is 4.47. The Bertz CT molecular complexity index is 318. The Kier molecular flexibility index (Phi) is 4.45. The van der Waals surface area contributed by atoms with Crippen LogP contribution in [-0.2, 0) is 6.42 Å². The number of hydrogen-bond donors (Lipinski definition) is 2. The smallest absolute Gasteiger partial charge is 0.222 e. The van der Waals surface area contributed by atoms with Gasteiger partial charge in [-0.2, -0.15) is 4.98 Å². The second-order valence-corrected chi connectivity index (χ2v) is 3.08. The second-order valence-electron chi connectivity index (χ2n) is 3.08. The number of hydrogen-bond acceptors (Lipinski definition) is 5. The molecule has 1 heterocycles. The van der Waals surface area contributed by atoms with Gasteiger partial charge in [-0.3, -0.25) is 0 Å². The Morgan fingerprint density at radius 2 is 2.27 bits per heavy atom. The first-order valence-corrected chi connectivity index (χ1v) is 5.09. The van der Waals surface area contributed by atoms with Crippen molar-refractivity contribution in [3.8, 4) is 5.88 Å². The van der Waals surface area contributed by atoms with Gasteiger partial charge < -0.3 is 15.6 Å². The van der Waals surface area contributed by atoms with E-state index in [4.69, 9.17) is 10.5 Å². The highest BCUT2D eigenvalue weighted by atomic mass is 16.5. The Morgan fingerprint density at radius 1 is 1.53 bits per heavy atom. The molecule has 15 heavy (non-hydrogen) atoms. The van der Waals surface area contributed by atoms with E-state index in [-0.39, 0.29) is 6.54 Å². The van der Waals surface area contributed by atoms with Crippen LogP contribution in [-0.4, -0.2) is 28.2 Å². The average molecular weight is 211 g/mol. The van der Waals surface area contributed by atoms with Gasteiger partial charge in [0.25, 0.3) is 0 Å². The molecule has 0 radical (unpaired) electrons. The van der Waals surface area contributed by atoms with Crippen molar-refractivity contribution in [2.75, 3.05) is 13.2 Å². The number of nitrogens with two attached hydrogens (primary N) is 1. The van der Waals surface area contributed by atoms with Crippen LogP contribution >= 0.6 is 0 Å². The largest absolute Gasteiger partial charge is 0.478 e. The molecule has 0 aliphatic heterocycles. The van der Waals surface area contributed by atoms with Gasteiger partial charge in [0, 0.05) is 19.2 Å². The van der Waals surface area contributed by atoms with Gasteiger partial charge in [-0.1, -0.05) is 6.92 Å². The summed E-state index contributed by atoms with van der Waals surface area (Å²) in [5, 5.41) is 9.62. The predicted molar refractivity (Wildman–Crippen MR) is 56.6 cm³/mol. The fourth-order valence-electron chi connectivity index (χ4n) is 1.19. The molecule has 84 valence electrons. The van der Waals surface area contributed by atoms with Crippen LogP contribution in [0.3, 0.4) is 0 Å². The minimum atomic E-state index is -0.766. The Morgan fingerprint density at radius 3 is 2.80 bits per heavy atom. The summed E-state index contributed by atoms with van der Waals surface area (Å²) >= 11 is 0. The van der Waals surface area contributed by atoms with E-state index in [1.807, 2.05) is 13.8 Å². The highest BCUT2D eigenvalue weighted by molar-refractivity contribution is 5.26. The predicted octanol–water partition coefficient (Wildman–Crippen LogP) is 0.430. The molecule has 0 amide bonds. The summed E-state index contributed by atoms with van der Waals surface area (Å²) in [5.41, 5.74) is 5.93. The zero-order valence-corrected chi connectivity index (χ0v) is 9.10. The van der Waals surface area contributed by atoms with Gasteiger partial charge in [-0.25, -0.2) is 4.98 Å². The molecule has 1 unspecified atom stereocenters.